The van der Waals surface area contributed by atoms with E-state index in [9.17, 15) is 83.1 Å². The maximum atomic E-state index is 15.7. The number of ether oxygens (including phenoxy) is 9. The number of tetrazole rings is 1. The summed E-state index contributed by atoms with van der Waals surface area (Å²) >= 11 is 0. The van der Waals surface area contributed by atoms with Gasteiger partial charge in [-0.2, -0.15) is 5.21 Å². The van der Waals surface area contributed by atoms with Crippen LogP contribution in [0.5, 0.6) is 5.75 Å². The van der Waals surface area contributed by atoms with Gasteiger partial charge in [0.15, 0.2) is 23.2 Å². The zero-order chi connectivity index (χ0) is 103. The molecule has 3 aromatic heterocycles. The number of ketones is 3. The van der Waals surface area contributed by atoms with Crippen molar-refractivity contribution in [1.82, 2.24) is 82.8 Å². The van der Waals surface area contributed by atoms with Crippen LogP contribution in [0.15, 0.2) is 104 Å². The molecule has 0 spiro atoms. The van der Waals surface area contributed by atoms with Crippen molar-refractivity contribution in [3.05, 3.63) is 160 Å². The number of nitrogens with two attached hydrogens (primary N) is 1. The van der Waals surface area contributed by atoms with Crippen LogP contribution in [-0.4, -0.2) is 316 Å². The fourth-order valence-corrected chi connectivity index (χ4v) is 15.1. The Labute approximate surface area is 818 Å². The molecule has 0 bridgehead atoms. The van der Waals surface area contributed by atoms with Crippen LogP contribution >= 0.6 is 0 Å². The molecular weight excluding hydrogens is 1840 g/mol. The lowest BCUT2D eigenvalue weighted by atomic mass is 9.76. The number of aliphatic carboxylic acids is 2. The number of carbonyl (C=O) groups excluding carboxylic acids is 10. The van der Waals surface area contributed by atoms with Gasteiger partial charge < -0.3 is 116 Å². The number of halogens is 1. The normalized spacial score (nSPS) is 13.9. The molecule has 44 heteroatoms. The SMILES string of the molecule is CCc1cc(OCCCCn2cc(COCCOCCOCCOCCOCCOCCOCCOCCN)nn2)ccc1-c1ccc(C[C@H](CC(=O)[C@H](CC(=O)O)NC(=O)[C@H](CO)CC(=O)[C@@H](NC(=O)[C@](C)(CC(=O)[C@@H](NC(=O)CNC(=O)[C@H](Cc2nn[nH]n2)NC(=O)C(C)(C)C(=O)NCCc2cnc[nH]2)[C@@H](C)O)Cc2ccccc2F)[C@@H](C)O)C(=O)N[C@@H](CCCc2cc(C)cc(C)c2)C(=O)O)cc1. The van der Waals surface area contributed by atoms with Crippen molar-refractivity contribution in [3.8, 4) is 16.9 Å². The van der Waals surface area contributed by atoms with Gasteiger partial charge in [0.2, 0.25) is 41.4 Å². The lowest BCUT2D eigenvalue weighted by Crippen LogP contribution is -2.57. The topological polar surface area (TPSA) is 613 Å². The first-order chi connectivity index (χ1) is 67.6. The van der Waals surface area contributed by atoms with Gasteiger partial charge in [0.1, 0.15) is 46.8 Å². The molecule has 7 amide bonds. The molecule has 0 aliphatic carbocycles. The molecule has 774 valence electrons. The van der Waals surface area contributed by atoms with E-state index in [1.807, 2.05) is 75.5 Å². The summed E-state index contributed by atoms with van der Waals surface area (Å²) < 4.78 is 67.7. The van der Waals surface area contributed by atoms with E-state index in [-0.39, 0.29) is 37.4 Å². The largest absolute Gasteiger partial charge is 0.494 e. The number of carbonyl (C=O) groups is 12. The molecule has 0 saturated carbocycles. The quantitative estimate of drug-likeness (QED) is 0.0192. The third-order valence-electron chi connectivity index (χ3n) is 22.9. The number of amides is 7. The van der Waals surface area contributed by atoms with Gasteiger partial charge in [-0.15, -0.1) is 15.3 Å². The maximum Gasteiger partial charge on any atom is 0.326 e. The average Bonchev–Trinajstić information content (AvgIpc) is 0.901. The third-order valence-corrected chi connectivity index (χ3v) is 22.9. The molecule has 141 heavy (non-hydrogen) atoms. The summed E-state index contributed by atoms with van der Waals surface area (Å²) in [6.45, 7) is 18.4. The lowest BCUT2D eigenvalue weighted by molar-refractivity contribution is -0.144. The van der Waals surface area contributed by atoms with Crippen molar-refractivity contribution in [2.75, 3.05) is 132 Å². The van der Waals surface area contributed by atoms with E-state index >= 15 is 4.39 Å². The van der Waals surface area contributed by atoms with Crippen molar-refractivity contribution in [2.24, 2.45) is 28.4 Å². The monoisotopic (exact) mass is 1980 g/mol. The number of aliphatic hydroxyl groups excluding tert-OH is 3. The van der Waals surface area contributed by atoms with Gasteiger partial charge in [-0.1, -0.05) is 102 Å². The predicted octanol–water partition coefficient (Wildman–Crippen LogP) is 2.36. The minimum absolute atomic E-state index is 0.0296. The fourth-order valence-electron chi connectivity index (χ4n) is 15.1. The van der Waals surface area contributed by atoms with Gasteiger partial charge in [-0.25, -0.2) is 14.2 Å². The highest BCUT2D eigenvalue weighted by Gasteiger charge is 2.44. The Kier molecular flexibility index (Phi) is 51.0. The number of H-pyrrole nitrogens is 2. The van der Waals surface area contributed by atoms with Gasteiger partial charge in [-0.05, 0) is 144 Å². The second-order valence-electron chi connectivity index (χ2n) is 35.0. The number of nitrogens with one attached hydrogen (secondary N) is 9. The number of aliphatic hydroxyl groups is 3. The van der Waals surface area contributed by atoms with Crippen LogP contribution < -0.4 is 47.7 Å². The molecule has 0 fully saturated rings. The Morgan fingerprint density at radius 3 is 1.75 bits per heavy atom. The molecule has 7 rings (SSSR count). The maximum absolute atomic E-state index is 15.7. The van der Waals surface area contributed by atoms with Crippen molar-refractivity contribution < 1.29 is 130 Å². The van der Waals surface area contributed by atoms with Crippen LogP contribution in [0.2, 0.25) is 0 Å². The number of imidazole rings is 1. The highest BCUT2D eigenvalue weighted by molar-refractivity contribution is 6.06. The zero-order valence-corrected chi connectivity index (χ0v) is 81.4. The number of aromatic nitrogens is 9. The summed E-state index contributed by atoms with van der Waals surface area (Å²) in [5.41, 5.74) is 8.77. The molecule has 0 radical (unpaired) electrons. The number of carboxylic acid groups (broad SMARTS) is 2. The first-order valence-corrected chi connectivity index (χ1v) is 47.2. The van der Waals surface area contributed by atoms with E-state index in [1.165, 1.54) is 45.3 Å². The van der Waals surface area contributed by atoms with Crippen molar-refractivity contribution >= 4 is 70.6 Å². The molecule has 4 aromatic carbocycles. The van der Waals surface area contributed by atoms with Gasteiger partial charge >= 0.3 is 11.9 Å². The summed E-state index contributed by atoms with van der Waals surface area (Å²) in [5.74, 6) is -16.7. The molecule has 0 unspecified atom stereocenters. The van der Waals surface area contributed by atoms with Crippen molar-refractivity contribution in [1.29, 1.82) is 0 Å². The third kappa shape index (κ3) is 41.9. The van der Waals surface area contributed by atoms with Crippen LogP contribution in [0.1, 0.15) is 144 Å². The van der Waals surface area contributed by atoms with Gasteiger partial charge in [-0.3, -0.25) is 57.4 Å². The van der Waals surface area contributed by atoms with Gasteiger partial charge in [0.25, 0.3) is 0 Å². The molecule has 3 heterocycles. The number of rotatable bonds is 74. The number of aromatic amines is 2. The van der Waals surface area contributed by atoms with Crippen LogP contribution in [0.3, 0.4) is 0 Å². The highest BCUT2D eigenvalue weighted by Crippen LogP contribution is 2.33. The molecule has 0 aliphatic heterocycles. The fraction of sp³-hybridized carbons (Fsp3) is 0.567. The smallest absolute Gasteiger partial charge is 0.326 e. The van der Waals surface area contributed by atoms with E-state index in [0.29, 0.717) is 174 Å². The Balaban J connectivity index is 0.934. The first kappa shape index (κ1) is 116. The Bertz CT molecular complexity index is 5030. The second-order valence-corrected chi connectivity index (χ2v) is 35.0. The molecule has 0 aliphatic rings. The number of carboxylic acids is 2. The number of Topliss-reactive ketones (excluding diaryl/α,β-unsaturated/α-hetero) is 3. The molecule has 43 nitrogen and oxygen atoms in total. The van der Waals surface area contributed by atoms with E-state index in [1.54, 1.807) is 23.0 Å². The Morgan fingerprint density at radius 2 is 1.18 bits per heavy atom. The van der Waals surface area contributed by atoms with Gasteiger partial charge in [0.05, 0.1) is 174 Å². The Morgan fingerprint density at radius 1 is 0.574 bits per heavy atom. The van der Waals surface area contributed by atoms with Crippen molar-refractivity contribution in [2.45, 2.75) is 201 Å². The van der Waals surface area contributed by atoms with Crippen LogP contribution in [0.4, 0.5) is 4.39 Å². The number of unbranched alkanes of at least 4 members (excludes halogenated alkanes) is 1. The number of hydrogen-bond donors (Lipinski definition) is 15. The number of aryl methyl sites for hydroxylation is 5. The summed E-state index contributed by atoms with van der Waals surface area (Å²) in [4.78, 5) is 175. The number of benzene rings is 4. The average molecular weight is 1980 g/mol. The first-order valence-electron chi connectivity index (χ1n) is 47.2. The second kappa shape index (κ2) is 62.2. The number of hydrogen-bond acceptors (Lipinski definition) is 31. The van der Waals surface area contributed by atoms with Crippen LogP contribution in [0.25, 0.3) is 11.1 Å². The summed E-state index contributed by atoms with van der Waals surface area (Å²) in [6.07, 6.45) is -0.560. The van der Waals surface area contributed by atoms with Crippen LogP contribution in [-0.2, 0) is 147 Å². The molecule has 0 saturated heterocycles. The lowest BCUT2D eigenvalue weighted by Gasteiger charge is -2.33. The van der Waals surface area contributed by atoms with E-state index < -0.39 is 193 Å². The standard InChI is InChI=1S/C97H138FN17O26/c1-9-68-49-75(141-29-13-12-28-115-58-74(109-114-115)60-140-44-43-139-42-41-138-40-39-137-38-37-136-36-35-135-34-33-134-32-31-133-30-26-99)23-24-76(68)69-21-19-66(20-22-69)48-71(89(125)104-78(92(128)129)18-14-15-67-46-62(2)45-63(3)47-67)50-81(119)79(53-86(123)124)105-90(126)72(59-116)51-82(120)87(64(4)117)108-95(132)97(8,54-70-16-10-11-17-77(70)98)55-83(121)88(65(5)118)107-85(122)57-102-91(127)80(52-84-110-112-113-111-84)106-94(131)96(6,7)93(130)101-27-25-73-56-100-61-103-73/h10-11,16-17,19-24,45-47,49,56,58,61,64-65,71-72,78-80,87-88,116-118H,9,12-15,18,25-44,48,50-55,57,59-60,99H2,1-8H3,(H,100,103)(H,101,130)(H,102,127)(H,104,125)(H,105,126)(H,106,131)(H,107,122)(H,108,132)(H,123,124)(H,128,129)(H,110,111,112,113)/t64-,65-,71-,72+,78+,79+,80+,87+,88+,97+/m1/s1. The number of nitrogens with zero attached hydrogens (tertiary/aromatic N) is 7. The van der Waals surface area contributed by atoms with E-state index in [4.69, 9.17) is 48.4 Å². The molecule has 7 aromatic rings. The highest BCUT2D eigenvalue weighted by atomic mass is 19.1. The van der Waals surface area contributed by atoms with E-state index in [0.717, 1.165) is 59.7 Å². The minimum atomic E-state index is -2.14. The zero-order valence-electron chi connectivity index (χ0n) is 81.4. The summed E-state index contributed by atoms with van der Waals surface area (Å²) in [7, 11) is 0. The summed E-state index contributed by atoms with van der Waals surface area (Å²) in [5, 5.41) is 92.8. The van der Waals surface area contributed by atoms with Crippen molar-refractivity contribution in [3.63, 3.8) is 0 Å². The minimum Gasteiger partial charge on any atom is -0.494 e. The van der Waals surface area contributed by atoms with Crippen LogP contribution in [0, 0.1) is 42.3 Å². The molecule has 16 N–H and O–H groups in total. The predicted molar refractivity (Wildman–Crippen MR) is 507 cm³/mol. The Hall–Kier alpha value is -12.2. The van der Waals surface area contributed by atoms with E-state index in [2.05, 4.69) is 78.1 Å². The molecular formula is C97H138FN17O26. The molecule has 10 atom stereocenters. The summed E-state index contributed by atoms with van der Waals surface area (Å²) in [6, 6.07) is 15.1. The van der Waals surface area contributed by atoms with Gasteiger partial charge in [0, 0.05) is 69.5 Å².